The Morgan fingerprint density at radius 2 is 2.50 bits per heavy atom. The number of nitrogens with zero attached hydrogens (tertiary/aromatic N) is 1. The lowest BCUT2D eigenvalue weighted by molar-refractivity contribution is -0.119. The van der Waals surface area contributed by atoms with Gasteiger partial charge in [0.25, 0.3) is 0 Å². The van der Waals surface area contributed by atoms with Crippen LogP contribution in [0.15, 0.2) is 12.7 Å². The van der Waals surface area contributed by atoms with Crippen LogP contribution in [0.25, 0.3) is 0 Å². The first-order valence-corrected chi connectivity index (χ1v) is 4.72. The van der Waals surface area contributed by atoms with Crippen LogP contribution in [0, 0.1) is 0 Å². The molecule has 2 unspecified atom stereocenters. The Hall–Kier alpha value is -0.630. The topological polar surface area (TPSA) is 20.3 Å². The summed E-state index contributed by atoms with van der Waals surface area (Å²) in [5, 5.41) is 0. The van der Waals surface area contributed by atoms with Gasteiger partial charge >= 0.3 is 0 Å². The molecule has 2 heterocycles. The van der Waals surface area contributed by atoms with Crippen molar-refractivity contribution in [2.75, 3.05) is 6.54 Å². The Morgan fingerprint density at radius 3 is 3.25 bits per heavy atom. The van der Waals surface area contributed by atoms with Gasteiger partial charge in [0, 0.05) is 12.5 Å². The van der Waals surface area contributed by atoms with Crippen molar-refractivity contribution in [3.63, 3.8) is 0 Å². The smallest absolute Gasteiger partial charge is 0.151 e. The van der Waals surface area contributed by atoms with Crippen molar-refractivity contribution in [2.45, 2.75) is 37.8 Å². The van der Waals surface area contributed by atoms with Gasteiger partial charge < -0.3 is 0 Å². The van der Waals surface area contributed by atoms with Gasteiger partial charge in [0.15, 0.2) is 5.78 Å². The van der Waals surface area contributed by atoms with Crippen LogP contribution in [0.5, 0.6) is 0 Å². The molecule has 2 nitrogen and oxygen atoms in total. The van der Waals surface area contributed by atoms with E-state index in [-0.39, 0.29) is 6.04 Å². The van der Waals surface area contributed by atoms with E-state index < -0.39 is 0 Å². The molecule has 0 N–H and O–H groups in total. The minimum absolute atomic E-state index is 0.176. The van der Waals surface area contributed by atoms with Gasteiger partial charge in [-0.2, -0.15) is 0 Å². The van der Waals surface area contributed by atoms with Crippen molar-refractivity contribution in [3.05, 3.63) is 12.7 Å². The van der Waals surface area contributed by atoms with Crippen LogP contribution < -0.4 is 0 Å². The quantitative estimate of drug-likeness (QED) is 0.576. The molecule has 2 aliphatic heterocycles. The van der Waals surface area contributed by atoms with Gasteiger partial charge in [-0.25, -0.2) is 0 Å². The number of ketones is 1. The highest BCUT2D eigenvalue weighted by Gasteiger charge is 2.41. The summed E-state index contributed by atoms with van der Waals surface area (Å²) in [7, 11) is 0. The van der Waals surface area contributed by atoms with Crippen LogP contribution in [0.1, 0.15) is 25.7 Å². The molecule has 0 bridgehead atoms. The molecular formula is C10H15NO. The fraction of sp³-hybridized carbons (Fsp3) is 0.700. The third-order valence-electron chi connectivity index (χ3n) is 3.02. The molecule has 2 heteroatoms. The molecule has 0 aromatic heterocycles. The van der Waals surface area contributed by atoms with E-state index in [0.29, 0.717) is 11.8 Å². The molecule has 0 aliphatic carbocycles. The van der Waals surface area contributed by atoms with Gasteiger partial charge in [-0.05, 0) is 25.8 Å². The predicted octanol–water partition coefficient (Wildman–Crippen LogP) is 1.37. The number of hydrogen-bond acceptors (Lipinski definition) is 2. The third-order valence-corrected chi connectivity index (χ3v) is 3.02. The highest BCUT2D eigenvalue weighted by atomic mass is 16.1. The van der Waals surface area contributed by atoms with E-state index in [1.807, 2.05) is 6.08 Å². The molecule has 2 fully saturated rings. The molecule has 0 radical (unpaired) electrons. The van der Waals surface area contributed by atoms with Gasteiger partial charge in [-0.1, -0.05) is 6.08 Å². The fourth-order valence-electron chi connectivity index (χ4n) is 2.47. The van der Waals surface area contributed by atoms with Crippen molar-refractivity contribution in [3.8, 4) is 0 Å². The van der Waals surface area contributed by atoms with Crippen molar-refractivity contribution >= 4 is 5.78 Å². The van der Waals surface area contributed by atoms with E-state index in [2.05, 4.69) is 11.5 Å². The maximum absolute atomic E-state index is 11.5. The molecule has 0 saturated carbocycles. The highest BCUT2D eigenvalue weighted by Crippen LogP contribution is 2.31. The van der Waals surface area contributed by atoms with Crippen LogP contribution in [-0.4, -0.2) is 29.3 Å². The second kappa shape index (κ2) is 3.02. The van der Waals surface area contributed by atoms with Gasteiger partial charge in [0.1, 0.15) is 0 Å². The van der Waals surface area contributed by atoms with Gasteiger partial charge in [-0.3, -0.25) is 9.69 Å². The van der Waals surface area contributed by atoms with E-state index in [4.69, 9.17) is 0 Å². The van der Waals surface area contributed by atoms with Crippen molar-refractivity contribution in [1.29, 1.82) is 0 Å². The Labute approximate surface area is 73.2 Å². The SMILES string of the molecule is C=CCC1C(=O)CC2CCCN21. The zero-order valence-electron chi connectivity index (χ0n) is 7.33. The Balaban J connectivity index is 2.10. The van der Waals surface area contributed by atoms with Crippen LogP contribution in [0.4, 0.5) is 0 Å². The summed E-state index contributed by atoms with van der Waals surface area (Å²) in [6.45, 7) is 4.81. The zero-order valence-corrected chi connectivity index (χ0v) is 7.33. The minimum atomic E-state index is 0.176. The lowest BCUT2D eigenvalue weighted by Crippen LogP contribution is -2.33. The molecule has 2 saturated heterocycles. The predicted molar refractivity (Wildman–Crippen MR) is 48.0 cm³/mol. The number of carbonyl (C=O) groups excluding carboxylic acids is 1. The summed E-state index contributed by atoms with van der Waals surface area (Å²) >= 11 is 0. The third kappa shape index (κ3) is 1.11. The average molecular weight is 165 g/mol. The normalized spacial score (nSPS) is 35.5. The van der Waals surface area contributed by atoms with E-state index in [9.17, 15) is 4.79 Å². The first kappa shape index (κ1) is 7.99. The lowest BCUT2D eigenvalue weighted by Gasteiger charge is -2.20. The zero-order chi connectivity index (χ0) is 8.55. The largest absolute Gasteiger partial charge is 0.298 e. The molecule has 2 atom stereocenters. The summed E-state index contributed by atoms with van der Waals surface area (Å²) in [4.78, 5) is 13.9. The van der Waals surface area contributed by atoms with Crippen LogP contribution >= 0.6 is 0 Å². The number of carbonyl (C=O) groups is 1. The monoisotopic (exact) mass is 165 g/mol. The molecule has 66 valence electrons. The molecule has 0 aromatic rings. The minimum Gasteiger partial charge on any atom is -0.298 e. The Bertz CT molecular complexity index is 212. The average Bonchev–Trinajstić information content (AvgIpc) is 2.56. The lowest BCUT2D eigenvalue weighted by atomic mass is 10.1. The number of hydrogen-bond donors (Lipinski definition) is 0. The maximum Gasteiger partial charge on any atom is 0.151 e. The van der Waals surface area contributed by atoms with Crippen LogP contribution in [0.2, 0.25) is 0 Å². The van der Waals surface area contributed by atoms with Crippen LogP contribution in [0.3, 0.4) is 0 Å². The standard InChI is InChI=1S/C10H15NO/c1-2-4-9-10(12)7-8-5-3-6-11(8)9/h2,8-9H,1,3-7H2. The van der Waals surface area contributed by atoms with Crippen LogP contribution in [-0.2, 0) is 4.79 Å². The van der Waals surface area contributed by atoms with E-state index >= 15 is 0 Å². The van der Waals surface area contributed by atoms with E-state index in [0.717, 1.165) is 19.4 Å². The first-order valence-electron chi connectivity index (χ1n) is 4.72. The maximum atomic E-state index is 11.5. The molecule has 12 heavy (non-hydrogen) atoms. The Kier molecular flexibility index (Phi) is 2.01. The van der Waals surface area contributed by atoms with Gasteiger partial charge in [-0.15, -0.1) is 6.58 Å². The summed E-state index contributed by atoms with van der Waals surface area (Å²) in [5.41, 5.74) is 0. The van der Waals surface area contributed by atoms with Crippen molar-refractivity contribution < 1.29 is 4.79 Å². The van der Waals surface area contributed by atoms with Gasteiger partial charge in [0.05, 0.1) is 6.04 Å². The molecular weight excluding hydrogens is 150 g/mol. The molecule has 2 aliphatic rings. The Morgan fingerprint density at radius 1 is 1.67 bits per heavy atom. The van der Waals surface area contributed by atoms with Gasteiger partial charge in [0.2, 0.25) is 0 Å². The number of Topliss-reactive ketones (excluding diaryl/α,β-unsaturated/α-hetero) is 1. The summed E-state index contributed by atoms with van der Waals surface area (Å²) < 4.78 is 0. The summed E-state index contributed by atoms with van der Waals surface area (Å²) in [6.07, 6.45) is 5.99. The molecule has 2 rings (SSSR count). The van der Waals surface area contributed by atoms with E-state index in [1.54, 1.807) is 0 Å². The van der Waals surface area contributed by atoms with E-state index in [1.165, 1.54) is 12.8 Å². The van der Waals surface area contributed by atoms with Crippen molar-refractivity contribution in [2.24, 2.45) is 0 Å². The van der Waals surface area contributed by atoms with Crippen molar-refractivity contribution in [1.82, 2.24) is 4.90 Å². The number of rotatable bonds is 2. The fourth-order valence-corrected chi connectivity index (χ4v) is 2.47. The second-order valence-corrected chi connectivity index (χ2v) is 3.74. The molecule has 0 spiro atoms. The first-order chi connectivity index (χ1) is 5.83. The molecule has 0 aromatic carbocycles. The highest BCUT2D eigenvalue weighted by molar-refractivity contribution is 5.87. The summed E-state index contributed by atoms with van der Waals surface area (Å²) in [5.74, 6) is 0.430. The number of fused-ring (bicyclic) bond motifs is 1. The second-order valence-electron chi connectivity index (χ2n) is 3.74. The molecule has 0 amide bonds. The summed E-state index contributed by atoms with van der Waals surface area (Å²) in [6, 6.07) is 0.748.